The molecule has 1 unspecified atom stereocenters. The fourth-order valence-corrected chi connectivity index (χ4v) is 2.07. The molecule has 0 bridgehead atoms. The molecule has 2 N–H and O–H groups in total. The number of carbonyl (C=O) groups is 1. The van der Waals surface area contributed by atoms with E-state index in [1.54, 1.807) is 24.5 Å². The Morgan fingerprint density at radius 2 is 2.30 bits per heavy atom. The van der Waals surface area contributed by atoms with Crippen molar-refractivity contribution in [2.24, 2.45) is 11.1 Å². The molecule has 1 saturated heterocycles. The van der Waals surface area contributed by atoms with Gasteiger partial charge < -0.3 is 15.4 Å². The third kappa shape index (κ3) is 4.81. The zero-order valence-electron chi connectivity index (χ0n) is 11.4. The lowest BCUT2D eigenvalue weighted by atomic mass is 9.90. The summed E-state index contributed by atoms with van der Waals surface area (Å²) in [6, 6.07) is 3.56. The molecule has 0 radical (unpaired) electrons. The summed E-state index contributed by atoms with van der Waals surface area (Å²) in [5, 5.41) is 0. The van der Waals surface area contributed by atoms with Gasteiger partial charge in [0.1, 0.15) is 5.75 Å². The minimum absolute atomic E-state index is 0. The second kappa shape index (κ2) is 8.29. The van der Waals surface area contributed by atoms with Crippen LogP contribution in [0, 0.1) is 5.41 Å². The molecule has 0 spiro atoms. The van der Waals surface area contributed by atoms with E-state index < -0.39 is 0 Å². The van der Waals surface area contributed by atoms with Crippen LogP contribution in [0.2, 0.25) is 0 Å². The van der Waals surface area contributed by atoms with E-state index in [0.717, 1.165) is 19.5 Å². The molecule has 1 atom stereocenters. The lowest BCUT2D eigenvalue weighted by molar-refractivity contribution is -0.132. The third-order valence-electron chi connectivity index (χ3n) is 3.40. The second-order valence-electron chi connectivity index (χ2n) is 5.06. The van der Waals surface area contributed by atoms with Crippen molar-refractivity contribution in [1.29, 1.82) is 0 Å². The van der Waals surface area contributed by atoms with Crippen LogP contribution in [0.3, 0.4) is 0 Å². The van der Waals surface area contributed by atoms with Crippen molar-refractivity contribution in [3.05, 3.63) is 24.5 Å². The van der Waals surface area contributed by atoms with Crippen LogP contribution in [-0.2, 0) is 4.79 Å². The molecule has 5 nitrogen and oxygen atoms in total. The number of aromatic nitrogens is 1. The molecule has 2 rings (SSSR count). The monoisotopic (exact) mass is 321 g/mol. The lowest BCUT2D eigenvalue weighted by Crippen LogP contribution is -2.36. The first-order chi connectivity index (χ1) is 8.63. The molecule has 0 saturated carbocycles. The number of nitrogens with zero attached hydrogens (tertiary/aromatic N) is 2. The van der Waals surface area contributed by atoms with Gasteiger partial charge in [-0.1, -0.05) is 6.92 Å². The van der Waals surface area contributed by atoms with Crippen molar-refractivity contribution in [1.82, 2.24) is 9.88 Å². The number of rotatable bonds is 4. The zero-order chi connectivity index (χ0) is 13.0. The van der Waals surface area contributed by atoms with Crippen LogP contribution in [0.5, 0.6) is 5.75 Å². The van der Waals surface area contributed by atoms with E-state index in [9.17, 15) is 4.79 Å². The minimum atomic E-state index is 0. The Hall–Kier alpha value is -1.04. The molecule has 1 aromatic rings. The molecule has 1 amide bonds. The van der Waals surface area contributed by atoms with E-state index in [1.807, 2.05) is 4.90 Å². The number of amides is 1. The minimum Gasteiger partial charge on any atom is -0.482 e. The lowest BCUT2D eigenvalue weighted by Gasteiger charge is -2.22. The normalized spacial score (nSPS) is 20.8. The van der Waals surface area contributed by atoms with Gasteiger partial charge in [0.2, 0.25) is 0 Å². The molecule has 0 aliphatic carbocycles. The molecular formula is C13H21Cl2N3O2. The van der Waals surface area contributed by atoms with Gasteiger partial charge in [-0.2, -0.15) is 0 Å². The number of hydrogen-bond donors (Lipinski definition) is 1. The van der Waals surface area contributed by atoms with Gasteiger partial charge in [-0.05, 0) is 30.5 Å². The van der Waals surface area contributed by atoms with Crippen molar-refractivity contribution in [3.63, 3.8) is 0 Å². The van der Waals surface area contributed by atoms with Gasteiger partial charge in [0, 0.05) is 19.3 Å². The van der Waals surface area contributed by atoms with Gasteiger partial charge in [0.25, 0.3) is 5.91 Å². The summed E-state index contributed by atoms with van der Waals surface area (Å²) in [5.74, 6) is 0.627. The smallest absolute Gasteiger partial charge is 0.260 e. The highest BCUT2D eigenvalue weighted by Gasteiger charge is 2.34. The molecular weight excluding hydrogens is 301 g/mol. The van der Waals surface area contributed by atoms with E-state index in [1.165, 1.54) is 0 Å². The highest BCUT2D eigenvalue weighted by Crippen LogP contribution is 2.28. The Kier molecular flexibility index (Phi) is 7.86. The SMILES string of the molecule is CC1(CN)CCN(C(=O)COc2cccnc2)C1.Cl.Cl. The van der Waals surface area contributed by atoms with E-state index in [0.29, 0.717) is 12.3 Å². The van der Waals surface area contributed by atoms with Gasteiger partial charge in [-0.3, -0.25) is 9.78 Å². The number of halogens is 2. The Morgan fingerprint density at radius 1 is 1.55 bits per heavy atom. The summed E-state index contributed by atoms with van der Waals surface area (Å²) in [4.78, 5) is 17.7. The van der Waals surface area contributed by atoms with Gasteiger partial charge in [-0.15, -0.1) is 24.8 Å². The summed E-state index contributed by atoms with van der Waals surface area (Å²) < 4.78 is 5.40. The summed E-state index contributed by atoms with van der Waals surface area (Å²) >= 11 is 0. The Bertz CT molecular complexity index is 419. The molecule has 1 aromatic heterocycles. The highest BCUT2D eigenvalue weighted by molar-refractivity contribution is 5.85. The van der Waals surface area contributed by atoms with Crippen LogP contribution in [-0.4, -0.2) is 42.0 Å². The first kappa shape index (κ1) is 19.0. The number of carbonyl (C=O) groups excluding carboxylic acids is 1. The Balaban J connectivity index is 0.00000180. The maximum Gasteiger partial charge on any atom is 0.260 e. The Morgan fingerprint density at radius 3 is 2.85 bits per heavy atom. The van der Waals surface area contributed by atoms with E-state index in [2.05, 4.69) is 11.9 Å². The van der Waals surface area contributed by atoms with E-state index in [-0.39, 0.29) is 42.7 Å². The van der Waals surface area contributed by atoms with Crippen molar-refractivity contribution in [3.8, 4) is 5.75 Å². The second-order valence-corrected chi connectivity index (χ2v) is 5.06. The van der Waals surface area contributed by atoms with Gasteiger partial charge >= 0.3 is 0 Å². The maximum atomic E-state index is 12.0. The average molecular weight is 322 g/mol. The van der Waals surface area contributed by atoms with Crippen molar-refractivity contribution >= 4 is 30.7 Å². The largest absolute Gasteiger partial charge is 0.482 e. The predicted molar refractivity (Wildman–Crippen MR) is 82.6 cm³/mol. The van der Waals surface area contributed by atoms with Crippen LogP contribution in [0.15, 0.2) is 24.5 Å². The molecule has 2 heterocycles. The van der Waals surface area contributed by atoms with Crippen molar-refractivity contribution in [2.45, 2.75) is 13.3 Å². The van der Waals surface area contributed by atoms with Crippen molar-refractivity contribution < 1.29 is 9.53 Å². The fourth-order valence-electron chi connectivity index (χ4n) is 2.07. The molecule has 7 heteroatoms. The summed E-state index contributed by atoms with van der Waals surface area (Å²) in [5.41, 5.74) is 5.78. The molecule has 20 heavy (non-hydrogen) atoms. The first-order valence-electron chi connectivity index (χ1n) is 6.14. The fraction of sp³-hybridized carbons (Fsp3) is 0.538. The summed E-state index contributed by atoms with van der Waals surface area (Å²) in [6.45, 7) is 4.27. The third-order valence-corrected chi connectivity index (χ3v) is 3.40. The van der Waals surface area contributed by atoms with Gasteiger partial charge in [0.05, 0.1) is 6.20 Å². The number of hydrogen-bond acceptors (Lipinski definition) is 4. The number of ether oxygens (including phenoxy) is 1. The number of likely N-dealkylation sites (tertiary alicyclic amines) is 1. The summed E-state index contributed by atoms with van der Waals surface area (Å²) in [7, 11) is 0. The van der Waals surface area contributed by atoms with Crippen LogP contribution >= 0.6 is 24.8 Å². The summed E-state index contributed by atoms with van der Waals surface area (Å²) in [6.07, 6.45) is 4.23. The topological polar surface area (TPSA) is 68.5 Å². The molecule has 114 valence electrons. The van der Waals surface area contributed by atoms with Gasteiger partial charge in [-0.25, -0.2) is 0 Å². The van der Waals surface area contributed by atoms with Gasteiger partial charge in [0.15, 0.2) is 6.61 Å². The van der Waals surface area contributed by atoms with Crippen LogP contribution in [0.4, 0.5) is 0 Å². The molecule has 1 aliphatic heterocycles. The molecule has 0 aromatic carbocycles. The number of nitrogens with two attached hydrogens (primary N) is 1. The zero-order valence-corrected chi connectivity index (χ0v) is 13.1. The predicted octanol–water partition coefficient (Wildman–Crippen LogP) is 1.50. The maximum absolute atomic E-state index is 12.0. The standard InChI is InChI=1S/C13H19N3O2.2ClH/c1-13(9-14)4-6-16(10-13)12(17)8-18-11-3-2-5-15-7-11;;/h2-3,5,7H,4,6,8-10,14H2,1H3;2*1H. The average Bonchev–Trinajstić information content (AvgIpc) is 2.81. The molecule has 1 aliphatic rings. The Labute approximate surface area is 131 Å². The van der Waals surface area contributed by atoms with E-state index in [4.69, 9.17) is 10.5 Å². The van der Waals surface area contributed by atoms with Crippen LogP contribution in [0.1, 0.15) is 13.3 Å². The quantitative estimate of drug-likeness (QED) is 0.912. The van der Waals surface area contributed by atoms with Crippen LogP contribution < -0.4 is 10.5 Å². The molecule has 1 fully saturated rings. The first-order valence-corrected chi connectivity index (χ1v) is 6.14. The number of pyridine rings is 1. The van der Waals surface area contributed by atoms with Crippen molar-refractivity contribution in [2.75, 3.05) is 26.2 Å². The van der Waals surface area contributed by atoms with Crippen LogP contribution in [0.25, 0.3) is 0 Å². The highest BCUT2D eigenvalue weighted by atomic mass is 35.5. The van der Waals surface area contributed by atoms with E-state index >= 15 is 0 Å².